The van der Waals surface area contributed by atoms with E-state index >= 15 is 0 Å². The Labute approximate surface area is 93.0 Å². The van der Waals surface area contributed by atoms with Crippen molar-refractivity contribution in [3.63, 3.8) is 0 Å². The van der Waals surface area contributed by atoms with Gasteiger partial charge in [0.15, 0.2) is 0 Å². The van der Waals surface area contributed by atoms with Gasteiger partial charge in [-0.05, 0) is 31.8 Å². The summed E-state index contributed by atoms with van der Waals surface area (Å²) in [4.78, 5) is 6.44. The van der Waals surface area contributed by atoms with Crippen molar-refractivity contribution in [2.75, 3.05) is 14.1 Å². The smallest absolute Gasteiger partial charge is 0.119 e. The normalized spacial score (nSPS) is 11.5. The average molecular weight is 222 g/mol. The van der Waals surface area contributed by atoms with E-state index in [1.54, 1.807) is 11.3 Å². The number of aliphatic hydroxyl groups is 1. The third kappa shape index (κ3) is 2.34. The number of rotatable bonds is 3. The molecule has 0 aliphatic rings. The van der Waals surface area contributed by atoms with Crippen molar-refractivity contribution < 1.29 is 5.11 Å². The van der Waals surface area contributed by atoms with Gasteiger partial charge in [-0.15, -0.1) is 11.3 Å². The number of aromatic nitrogens is 1. The second-order valence-corrected chi connectivity index (χ2v) is 4.92. The molecular formula is C11H14N2OS. The Kier molecular flexibility index (Phi) is 3.00. The predicted octanol–water partition coefficient (Wildman–Crippen LogP) is 1.85. The van der Waals surface area contributed by atoms with Gasteiger partial charge in [-0.2, -0.15) is 0 Å². The monoisotopic (exact) mass is 222 g/mol. The second kappa shape index (κ2) is 4.26. The van der Waals surface area contributed by atoms with Crippen LogP contribution in [0.15, 0.2) is 18.2 Å². The molecule has 3 nitrogen and oxygen atoms in total. The molecule has 0 fully saturated rings. The van der Waals surface area contributed by atoms with Crippen molar-refractivity contribution in [3.8, 4) is 0 Å². The van der Waals surface area contributed by atoms with Crippen LogP contribution in [0, 0.1) is 0 Å². The van der Waals surface area contributed by atoms with Crippen molar-refractivity contribution in [1.82, 2.24) is 9.88 Å². The fraction of sp³-hybridized carbons (Fsp3) is 0.364. The van der Waals surface area contributed by atoms with Crippen LogP contribution < -0.4 is 0 Å². The van der Waals surface area contributed by atoms with Crippen LogP contribution >= 0.6 is 11.3 Å². The molecule has 80 valence electrons. The Morgan fingerprint density at radius 3 is 2.87 bits per heavy atom. The van der Waals surface area contributed by atoms with Crippen LogP contribution in [-0.2, 0) is 13.2 Å². The molecule has 0 unspecified atom stereocenters. The summed E-state index contributed by atoms with van der Waals surface area (Å²) in [6, 6.07) is 6.25. The van der Waals surface area contributed by atoms with Crippen molar-refractivity contribution in [1.29, 1.82) is 0 Å². The molecule has 1 heterocycles. The zero-order chi connectivity index (χ0) is 10.8. The van der Waals surface area contributed by atoms with Gasteiger partial charge in [0.25, 0.3) is 0 Å². The molecule has 4 heteroatoms. The van der Waals surface area contributed by atoms with Crippen LogP contribution in [0.4, 0.5) is 0 Å². The van der Waals surface area contributed by atoms with Crippen molar-refractivity contribution in [3.05, 3.63) is 28.8 Å². The average Bonchev–Trinajstić information content (AvgIpc) is 2.58. The minimum absolute atomic E-state index is 0.0301. The first-order chi connectivity index (χ1) is 7.19. The molecule has 1 aromatic carbocycles. The van der Waals surface area contributed by atoms with Crippen LogP contribution in [0.3, 0.4) is 0 Å². The fourth-order valence-corrected chi connectivity index (χ4v) is 2.44. The summed E-state index contributed by atoms with van der Waals surface area (Å²) >= 11 is 1.56. The summed E-state index contributed by atoms with van der Waals surface area (Å²) in [5.74, 6) is 0. The lowest BCUT2D eigenvalue weighted by molar-refractivity contribution is 0.281. The number of fused-ring (bicyclic) bond motifs is 1. The molecule has 15 heavy (non-hydrogen) atoms. The molecule has 0 bridgehead atoms. The Bertz CT molecular complexity index is 465. The lowest BCUT2D eigenvalue weighted by Crippen LogP contribution is -2.10. The Hall–Kier alpha value is -0.970. The van der Waals surface area contributed by atoms with Gasteiger partial charge in [-0.3, -0.25) is 0 Å². The van der Waals surface area contributed by atoms with Crippen LogP contribution in [0.1, 0.15) is 10.6 Å². The van der Waals surface area contributed by atoms with Crippen LogP contribution in [0.25, 0.3) is 10.2 Å². The molecule has 0 saturated carbocycles. The molecule has 0 aliphatic heterocycles. The van der Waals surface area contributed by atoms with Gasteiger partial charge in [0.2, 0.25) is 0 Å². The highest BCUT2D eigenvalue weighted by molar-refractivity contribution is 7.18. The van der Waals surface area contributed by atoms with E-state index < -0.39 is 0 Å². The molecule has 0 radical (unpaired) electrons. The topological polar surface area (TPSA) is 36.4 Å². The predicted molar refractivity (Wildman–Crippen MR) is 62.9 cm³/mol. The first kappa shape index (κ1) is 10.5. The highest BCUT2D eigenvalue weighted by Gasteiger charge is 2.04. The van der Waals surface area contributed by atoms with Crippen molar-refractivity contribution in [2.24, 2.45) is 0 Å². The van der Waals surface area contributed by atoms with E-state index in [-0.39, 0.29) is 6.61 Å². The SMILES string of the molecule is CN(C)Cc1ccc2nc(CO)sc2c1. The van der Waals surface area contributed by atoms with E-state index in [0.29, 0.717) is 0 Å². The molecule has 2 rings (SSSR count). The minimum atomic E-state index is 0.0301. The summed E-state index contributed by atoms with van der Waals surface area (Å²) in [6.45, 7) is 0.963. The number of hydrogen-bond donors (Lipinski definition) is 1. The largest absolute Gasteiger partial charge is 0.389 e. The zero-order valence-corrected chi connectivity index (χ0v) is 9.71. The number of thiazole rings is 1. The highest BCUT2D eigenvalue weighted by atomic mass is 32.1. The Morgan fingerprint density at radius 1 is 1.40 bits per heavy atom. The third-order valence-corrected chi connectivity index (χ3v) is 3.13. The van der Waals surface area contributed by atoms with E-state index in [2.05, 4.69) is 36.1 Å². The molecule has 0 amide bonds. The zero-order valence-electron chi connectivity index (χ0n) is 8.90. The fourth-order valence-electron chi connectivity index (χ4n) is 1.55. The van der Waals surface area contributed by atoms with Crippen LogP contribution in [0.5, 0.6) is 0 Å². The molecular weight excluding hydrogens is 208 g/mol. The molecule has 0 saturated heterocycles. The molecule has 2 aromatic rings. The van der Waals surface area contributed by atoms with Gasteiger partial charge < -0.3 is 10.0 Å². The maximum absolute atomic E-state index is 8.99. The van der Waals surface area contributed by atoms with E-state index in [1.807, 2.05) is 6.07 Å². The number of aliphatic hydroxyl groups excluding tert-OH is 1. The molecule has 0 aliphatic carbocycles. The van der Waals surface area contributed by atoms with E-state index in [0.717, 1.165) is 21.8 Å². The van der Waals surface area contributed by atoms with Gasteiger partial charge in [0.1, 0.15) is 5.01 Å². The van der Waals surface area contributed by atoms with Crippen LogP contribution in [0.2, 0.25) is 0 Å². The first-order valence-corrected chi connectivity index (χ1v) is 5.64. The first-order valence-electron chi connectivity index (χ1n) is 4.83. The standard InChI is InChI=1S/C11H14N2OS/c1-13(2)6-8-3-4-9-10(5-8)15-11(7-14)12-9/h3-5,14H,6-7H2,1-2H3. The maximum atomic E-state index is 8.99. The van der Waals surface area contributed by atoms with Gasteiger partial charge in [0, 0.05) is 6.54 Å². The molecule has 1 aromatic heterocycles. The summed E-state index contributed by atoms with van der Waals surface area (Å²) in [5, 5.41) is 9.78. The number of nitrogens with zero attached hydrogens (tertiary/aromatic N) is 2. The lowest BCUT2D eigenvalue weighted by Gasteiger charge is -2.08. The van der Waals surface area contributed by atoms with Crippen molar-refractivity contribution in [2.45, 2.75) is 13.2 Å². The van der Waals surface area contributed by atoms with Gasteiger partial charge in [-0.1, -0.05) is 6.07 Å². The van der Waals surface area contributed by atoms with Gasteiger partial charge >= 0.3 is 0 Å². The third-order valence-electron chi connectivity index (χ3n) is 2.13. The van der Waals surface area contributed by atoms with Gasteiger partial charge in [0.05, 0.1) is 16.8 Å². The Balaban J connectivity index is 2.37. The summed E-state index contributed by atoms with van der Waals surface area (Å²) in [7, 11) is 4.10. The maximum Gasteiger partial charge on any atom is 0.119 e. The van der Waals surface area contributed by atoms with E-state index in [4.69, 9.17) is 5.11 Å². The number of benzene rings is 1. The lowest BCUT2D eigenvalue weighted by atomic mass is 10.2. The summed E-state index contributed by atoms with van der Waals surface area (Å²) in [6.07, 6.45) is 0. The van der Waals surface area contributed by atoms with Gasteiger partial charge in [-0.25, -0.2) is 4.98 Å². The molecule has 1 N–H and O–H groups in total. The second-order valence-electron chi connectivity index (χ2n) is 3.81. The summed E-state index contributed by atoms with van der Waals surface area (Å²) < 4.78 is 1.15. The van der Waals surface area contributed by atoms with Crippen molar-refractivity contribution >= 4 is 21.6 Å². The summed E-state index contributed by atoms with van der Waals surface area (Å²) in [5.41, 5.74) is 2.26. The Morgan fingerprint density at radius 2 is 2.20 bits per heavy atom. The highest BCUT2D eigenvalue weighted by Crippen LogP contribution is 2.23. The number of hydrogen-bond acceptors (Lipinski definition) is 4. The van der Waals surface area contributed by atoms with Crippen LogP contribution in [-0.4, -0.2) is 29.1 Å². The molecule has 0 atom stereocenters. The quantitative estimate of drug-likeness (QED) is 0.861. The minimum Gasteiger partial charge on any atom is -0.389 e. The molecule has 0 spiro atoms. The van der Waals surface area contributed by atoms with E-state index in [9.17, 15) is 0 Å². The van der Waals surface area contributed by atoms with E-state index in [1.165, 1.54) is 5.56 Å².